The topological polar surface area (TPSA) is 69.6 Å². The predicted octanol–water partition coefficient (Wildman–Crippen LogP) is 2.80. The first kappa shape index (κ1) is 18.1. The summed E-state index contributed by atoms with van der Waals surface area (Å²) in [5, 5.41) is 12.2. The van der Waals surface area contributed by atoms with Gasteiger partial charge in [-0.2, -0.15) is 11.8 Å². The normalized spacial score (nSPS) is 22.1. The van der Waals surface area contributed by atoms with Crippen molar-refractivity contribution in [1.29, 1.82) is 0 Å². The number of hydrogen-bond donors (Lipinski definition) is 2. The Kier molecular flexibility index (Phi) is 8.57. The Labute approximate surface area is 131 Å². The van der Waals surface area contributed by atoms with Crippen molar-refractivity contribution in [1.82, 2.24) is 10.2 Å². The highest BCUT2D eigenvalue weighted by Gasteiger charge is 2.36. The molecule has 2 amide bonds. The van der Waals surface area contributed by atoms with Crippen LogP contribution in [-0.2, 0) is 4.79 Å². The van der Waals surface area contributed by atoms with Crippen molar-refractivity contribution in [2.75, 3.05) is 25.1 Å². The molecule has 0 bridgehead atoms. The number of piperidine rings is 1. The van der Waals surface area contributed by atoms with E-state index in [1.54, 1.807) is 0 Å². The number of carboxylic acid groups (broad SMARTS) is 1. The fraction of sp³-hybridized carbons (Fsp3) is 0.867. The number of urea groups is 1. The van der Waals surface area contributed by atoms with Crippen LogP contribution in [0.25, 0.3) is 0 Å². The molecule has 0 aromatic heterocycles. The number of aliphatic carboxylic acids is 1. The van der Waals surface area contributed by atoms with Crippen LogP contribution in [-0.4, -0.2) is 53.1 Å². The molecule has 6 heteroatoms. The van der Waals surface area contributed by atoms with Gasteiger partial charge in [-0.3, -0.25) is 0 Å². The Morgan fingerprint density at radius 2 is 2.00 bits per heavy atom. The monoisotopic (exact) mass is 316 g/mol. The number of amides is 2. The molecule has 1 aliphatic rings. The molecule has 1 heterocycles. The summed E-state index contributed by atoms with van der Waals surface area (Å²) < 4.78 is 0. The zero-order valence-corrected chi connectivity index (χ0v) is 14.0. The summed E-state index contributed by atoms with van der Waals surface area (Å²) in [7, 11) is 0. The van der Waals surface area contributed by atoms with Gasteiger partial charge in [0.05, 0.1) is 0 Å². The molecular formula is C15H28N2O3S. The van der Waals surface area contributed by atoms with Crippen LogP contribution in [0.15, 0.2) is 0 Å². The lowest BCUT2D eigenvalue weighted by Gasteiger charge is -2.37. The molecule has 2 atom stereocenters. The van der Waals surface area contributed by atoms with E-state index in [0.717, 1.165) is 25.7 Å². The second kappa shape index (κ2) is 9.92. The Morgan fingerprint density at radius 1 is 1.29 bits per heavy atom. The minimum absolute atomic E-state index is 0.0218. The standard InChI is InChI=1S/C15H28N2O3S/c1-12-8-7-10-17(13(12)14(18)19)15(20)16-9-5-3-4-6-11-21-2/h12-13H,3-11H2,1-2H3,(H,16,20)(H,18,19). The lowest BCUT2D eigenvalue weighted by molar-refractivity contribution is -0.145. The van der Waals surface area contributed by atoms with E-state index >= 15 is 0 Å². The number of nitrogens with one attached hydrogen (secondary N) is 1. The lowest BCUT2D eigenvalue weighted by atomic mass is 9.91. The lowest BCUT2D eigenvalue weighted by Crippen LogP contribution is -2.55. The molecule has 1 fully saturated rings. The third-order valence-electron chi connectivity index (χ3n) is 4.00. The number of unbranched alkanes of at least 4 members (excludes halogenated alkanes) is 3. The maximum atomic E-state index is 12.1. The minimum atomic E-state index is -0.894. The zero-order chi connectivity index (χ0) is 15.7. The first-order valence-electron chi connectivity index (χ1n) is 7.84. The number of carboxylic acids is 1. The van der Waals surface area contributed by atoms with E-state index in [9.17, 15) is 14.7 Å². The largest absolute Gasteiger partial charge is 0.480 e. The zero-order valence-electron chi connectivity index (χ0n) is 13.1. The van der Waals surface area contributed by atoms with Crippen molar-refractivity contribution >= 4 is 23.8 Å². The van der Waals surface area contributed by atoms with Gasteiger partial charge in [-0.25, -0.2) is 9.59 Å². The third-order valence-corrected chi connectivity index (χ3v) is 4.70. The number of rotatable bonds is 8. The first-order chi connectivity index (χ1) is 10.1. The first-order valence-corrected chi connectivity index (χ1v) is 9.23. The molecular weight excluding hydrogens is 288 g/mol. The van der Waals surface area contributed by atoms with Crippen molar-refractivity contribution < 1.29 is 14.7 Å². The Hall–Kier alpha value is -0.910. The van der Waals surface area contributed by atoms with Crippen molar-refractivity contribution in [2.45, 2.75) is 51.5 Å². The Balaban J connectivity index is 2.28. The molecule has 2 unspecified atom stereocenters. The molecule has 0 aromatic rings. The van der Waals surface area contributed by atoms with Crippen LogP contribution in [0.2, 0.25) is 0 Å². The van der Waals surface area contributed by atoms with E-state index in [4.69, 9.17) is 0 Å². The molecule has 1 aliphatic heterocycles. The predicted molar refractivity (Wildman–Crippen MR) is 86.8 cm³/mol. The molecule has 1 saturated heterocycles. The van der Waals surface area contributed by atoms with Gasteiger partial charge in [0.25, 0.3) is 0 Å². The average Bonchev–Trinajstić information content (AvgIpc) is 2.45. The van der Waals surface area contributed by atoms with E-state index in [1.165, 1.54) is 23.5 Å². The number of carbonyl (C=O) groups is 2. The highest BCUT2D eigenvalue weighted by atomic mass is 32.2. The van der Waals surface area contributed by atoms with Gasteiger partial charge in [0.2, 0.25) is 0 Å². The van der Waals surface area contributed by atoms with E-state index in [-0.39, 0.29) is 11.9 Å². The summed E-state index contributed by atoms with van der Waals surface area (Å²) in [5.41, 5.74) is 0. The third kappa shape index (κ3) is 6.16. The fourth-order valence-electron chi connectivity index (χ4n) is 2.81. The maximum absolute atomic E-state index is 12.1. The van der Waals surface area contributed by atoms with Crippen LogP contribution in [0.1, 0.15) is 45.4 Å². The molecule has 21 heavy (non-hydrogen) atoms. The summed E-state index contributed by atoms with van der Waals surface area (Å²) in [4.78, 5) is 25.0. The Bertz CT molecular complexity index is 339. The van der Waals surface area contributed by atoms with Crippen LogP contribution in [0.4, 0.5) is 4.79 Å². The van der Waals surface area contributed by atoms with Gasteiger partial charge < -0.3 is 15.3 Å². The summed E-state index contributed by atoms with van der Waals surface area (Å²) in [6.07, 6.45) is 8.35. The van der Waals surface area contributed by atoms with Crippen LogP contribution >= 0.6 is 11.8 Å². The van der Waals surface area contributed by atoms with Crippen molar-refractivity contribution in [3.63, 3.8) is 0 Å². The number of thioether (sulfide) groups is 1. The van der Waals surface area contributed by atoms with Gasteiger partial charge in [0, 0.05) is 13.1 Å². The number of carbonyl (C=O) groups excluding carboxylic acids is 1. The molecule has 122 valence electrons. The van der Waals surface area contributed by atoms with Gasteiger partial charge in [0.15, 0.2) is 0 Å². The van der Waals surface area contributed by atoms with Crippen LogP contribution in [0, 0.1) is 5.92 Å². The maximum Gasteiger partial charge on any atom is 0.326 e. The quantitative estimate of drug-likeness (QED) is 0.676. The van der Waals surface area contributed by atoms with Gasteiger partial charge >= 0.3 is 12.0 Å². The van der Waals surface area contributed by atoms with E-state index in [2.05, 4.69) is 11.6 Å². The number of likely N-dealkylation sites (tertiary alicyclic amines) is 1. The second-order valence-electron chi connectivity index (χ2n) is 5.73. The molecule has 5 nitrogen and oxygen atoms in total. The second-order valence-corrected chi connectivity index (χ2v) is 6.72. The fourth-order valence-corrected chi connectivity index (χ4v) is 3.31. The van der Waals surface area contributed by atoms with Gasteiger partial charge in [-0.15, -0.1) is 0 Å². The molecule has 0 radical (unpaired) electrons. The summed E-state index contributed by atoms with van der Waals surface area (Å²) in [6.45, 7) is 3.08. The van der Waals surface area contributed by atoms with Crippen molar-refractivity contribution in [2.24, 2.45) is 5.92 Å². The highest BCUT2D eigenvalue weighted by molar-refractivity contribution is 7.98. The van der Waals surface area contributed by atoms with Gasteiger partial charge in [0.1, 0.15) is 6.04 Å². The van der Waals surface area contributed by atoms with Crippen molar-refractivity contribution in [3.05, 3.63) is 0 Å². The Morgan fingerprint density at radius 3 is 2.67 bits per heavy atom. The summed E-state index contributed by atoms with van der Waals surface area (Å²) in [5.74, 6) is 0.321. The van der Waals surface area contributed by atoms with Crippen LogP contribution in [0.3, 0.4) is 0 Å². The van der Waals surface area contributed by atoms with E-state index < -0.39 is 12.0 Å². The van der Waals surface area contributed by atoms with Crippen molar-refractivity contribution in [3.8, 4) is 0 Å². The molecule has 0 spiro atoms. The average molecular weight is 316 g/mol. The molecule has 1 rings (SSSR count). The van der Waals surface area contributed by atoms with Crippen LogP contribution < -0.4 is 5.32 Å². The minimum Gasteiger partial charge on any atom is -0.480 e. The summed E-state index contributed by atoms with van der Waals surface area (Å²) >= 11 is 1.86. The van der Waals surface area contributed by atoms with E-state index in [0.29, 0.717) is 13.1 Å². The molecule has 0 aromatic carbocycles. The van der Waals surface area contributed by atoms with Gasteiger partial charge in [-0.1, -0.05) is 19.8 Å². The van der Waals surface area contributed by atoms with Crippen LogP contribution in [0.5, 0.6) is 0 Å². The van der Waals surface area contributed by atoms with Gasteiger partial charge in [-0.05, 0) is 43.6 Å². The van der Waals surface area contributed by atoms with E-state index in [1.807, 2.05) is 18.7 Å². The smallest absolute Gasteiger partial charge is 0.326 e. The highest BCUT2D eigenvalue weighted by Crippen LogP contribution is 2.23. The molecule has 0 aliphatic carbocycles. The summed E-state index contributed by atoms with van der Waals surface area (Å²) in [6, 6.07) is -0.904. The SMILES string of the molecule is CSCCCCCCNC(=O)N1CCCC(C)C1C(=O)O. The molecule has 2 N–H and O–H groups in total. The number of nitrogens with zero attached hydrogens (tertiary/aromatic N) is 1. The molecule has 0 saturated carbocycles. The number of hydrogen-bond acceptors (Lipinski definition) is 3.